The van der Waals surface area contributed by atoms with Gasteiger partial charge >= 0.3 is 6.03 Å². The standard InChI is InChI=1S/C18H25N7O2/c1-24(2)18(27)25-10-6-13(7-11-25)17(26)20-9-5-15-21-16(23-22-15)14-4-3-8-19-12-14/h3-4,8,12-13H,5-7,9-11H2,1-2H3,(H,20,26)(H,21,22,23). The number of urea groups is 1. The second-order valence-electron chi connectivity index (χ2n) is 6.83. The van der Waals surface area contributed by atoms with Gasteiger partial charge in [-0.25, -0.2) is 9.78 Å². The Hall–Kier alpha value is -2.97. The first kappa shape index (κ1) is 18.8. The molecule has 0 aliphatic carbocycles. The lowest BCUT2D eigenvalue weighted by atomic mass is 9.96. The second-order valence-corrected chi connectivity index (χ2v) is 6.83. The second kappa shape index (κ2) is 8.61. The average Bonchev–Trinajstić information content (AvgIpc) is 3.17. The van der Waals surface area contributed by atoms with Crippen molar-refractivity contribution >= 4 is 11.9 Å². The van der Waals surface area contributed by atoms with E-state index in [9.17, 15) is 9.59 Å². The van der Waals surface area contributed by atoms with E-state index >= 15 is 0 Å². The molecule has 0 radical (unpaired) electrons. The highest BCUT2D eigenvalue weighted by atomic mass is 16.2. The lowest BCUT2D eigenvalue weighted by Crippen LogP contribution is -2.46. The molecular weight excluding hydrogens is 346 g/mol. The number of carbonyl (C=O) groups excluding carboxylic acids is 2. The number of likely N-dealkylation sites (tertiary alicyclic amines) is 1. The molecular formula is C18H25N7O2. The Labute approximate surface area is 158 Å². The van der Waals surface area contributed by atoms with Gasteiger partial charge in [0.2, 0.25) is 5.91 Å². The third-order valence-corrected chi connectivity index (χ3v) is 4.63. The van der Waals surface area contributed by atoms with Crippen LogP contribution in [0.1, 0.15) is 18.7 Å². The van der Waals surface area contributed by atoms with Crippen LogP contribution in [0.3, 0.4) is 0 Å². The zero-order valence-corrected chi connectivity index (χ0v) is 15.7. The number of carbonyl (C=O) groups is 2. The molecule has 3 amide bonds. The average molecular weight is 371 g/mol. The third kappa shape index (κ3) is 4.81. The fourth-order valence-electron chi connectivity index (χ4n) is 3.10. The number of nitrogens with zero attached hydrogens (tertiary/aromatic N) is 5. The minimum atomic E-state index is -0.0445. The summed E-state index contributed by atoms with van der Waals surface area (Å²) in [5.41, 5.74) is 0.850. The molecule has 2 aromatic heterocycles. The van der Waals surface area contributed by atoms with Crippen molar-refractivity contribution in [2.24, 2.45) is 5.92 Å². The van der Waals surface area contributed by atoms with Gasteiger partial charge in [-0.1, -0.05) is 0 Å². The summed E-state index contributed by atoms with van der Waals surface area (Å²) in [4.78, 5) is 36.1. The molecule has 0 atom stereocenters. The molecule has 27 heavy (non-hydrogen) atoms. The van der Waals surface area contributed by atoms with E-state index in [0.717, 1.165) is 11.4 Å². The van der Waals surface area contributed by atoms with E-state index in [1.54, 1.807) is 36.3 Å². The number of H-pyrrole nitrogens is 1. The molecule has 2 aromatic rings. The summed E-state index contributed by atoms with van der Waals surface area (Å²) in [5, 5.41) is 10.0. The Bertz CT molecular complexity index is 767. The van der Waals surface area contributed by atoms with Crippen LogP contribution < -0.4 is 5.32 Å². The number of hydrogen-bond donors (Lipinski definition) is 2. The Balaban J connectivity index is 1.42. The van der Waals surface area contributed by atoms with E-state index < -0.39 is 0 Å². The molecule has 144 valence electrons. The lowest BCUT2D eigenvalue weighted by Gasteiger charge is -2.33. The molecule has 3 rings (SSSR count). The molecule has 0 bridgehead atoms. The van der Waals surface area contributed by atoms with Gasteiger partial charge in [-0.2, -0.15) is 5.10 Å². The topological polar surface area (TPSA) is 107 Å². The van der Waals surface area contributed by atoms with Crippen LogP contribution in [0.4, 0.5) is 4.79 Å². The number of pyridine rings is 1. The minimum absolute atomic E-state index is 0.00333. The normalized spacial score (nSPS) is 14.8. The zero-order valence-electron chi connectivity index (χ0n) is 15.7. The van der Waals surface area contributed by atoms with Crippen LogP contribution in [-0.2, 0) is 11.2 Å². The van der Waals surface area contributed by atoms with Gasteiger partial charge in [-0.3, -0.25) is 14.9 Å². The predicted octanol–water partition coefficient (Wildman–Crippen LogP) is 0.919. The molecule has 2 N–H and O–H groups in total. The quantitative estimate of drug-likeness (QED) is 0.813. The molecule has 3 heterocycles. The van der Waals surface area contributed by atoms with Gasteiger partial charge in [0.25, 0.3) is 0 Å². The Kier molecular flexibility index (Phi) is 6.00. The number of amides is 3. The third-order valence-electron chi connectivity index (χ3n) is 4.63. The van der Waals surface area contributed by atoms with Gasteiger partial charge in [0, 0.05) is 64.0 Å². The lowest BCUT2D eigenvalue weighted by molar-refractivity contribution is -0.126. The number of aromatic amines is 1. The first-order valence-electron chi connectivity index (χ1n) is 9.10. The van der Waals surface area contributed by atoms with Gasteiger partial charge in [0.1, 0.15) is 5.82 Å². The van der Waals surface area contributed by atoms with E-state index in [2.05, 4.69) is 25.5 Å². The van der Waals surface area contributed by atoms with E-state index in [-0.39, 0.29) is 17.9 Å². The number of hydrogen-bond acceptors (Lipinski definition) is 5. The van der Waals surface area contributed by atoms with E-state index in [4.69, 9.17) is 0 Å². The van der Waals surface area contributed by atoms with E-state index in [0.29, 0.717) is 44.7 Å². The van der Waals surface area contributed by atoms with Crippen LogP contribution in [0, 0.1) is 5.92 Å². The van der Waals surface area contributed by atoms with Crippen LogP contribution in [-0.4, -0.2) is 75.6 Å². The van der Waals surface area contributed by atoms with Crippen molar-refractivity contribution in [3.8, 4) is 11.4 Å². The van der Waals surface area contributed by atoms with Crippen molar-refractivity contribution in [3.63, 3.8) is 0 Å². The summed E-state index contributed by atoms with van der Waals surface area (Å²) in [6.07, 6.45) is 5.38. The molecule has 9 heteroatoms. The molecule has 1 aliphatic heterocycles. The monoisotopic (exact) mass is 371 g/mol. The summed E-state index contributed by atoms with van der Waals surface area (Å²) in [6, 6.07) is 3.74. The minimum Gasteiger partial charge on any atom is -0.355 e. The molecule has 0 unspecified atom stereocenters. The van der Waals surface area contributed by atoms with Gasteiger partial charge in [0.15, 0.2) is 5.82 Å². The highest BCUT2D eigenvalue weighted by Crippen LogP contribution is 2.18. The Morgan fingerprint density at radius 1 is 1.33 bits per heavy atom. The molecule has 1 saturated heterocycles. The SMILES string of the molecule is CN(C)C(=O)N1CCC(C(=O)NCCc2nc(-c3cccnc3)n[nH]2)CC1. The van der Waals surface area contributed by atoms with Crippen molar-refractivity contribution < 1.29 is 9.59 Å². The molecule has 1 aliphatic rings. The number of piperidine rings is 1. The summed E-state index contributed by atoms with van der Waals surface area (Å²) in [6.45, 7) is 1.73. The number of rotatable bonds is 5. The highest BCUT2D eigenvalue weighted by Gasteiger charge is 2.27. The molecule has 0 saturated carbocycles. The maximum Gasteiger partial charge on any atom is 0.319 e. The number of aromatic nitrogens is 4. The predicted molar refractivity (Wildman–Crippen MR) is 99.7 cm³/mol. The molecule has 0 spiro atoms. The maximum atomic E-state index is 12.3. The van der Waals surface area contributed by atoms with E-state index in [1.807, 2.05) is 12.1 Å². The zero-order chi connectivity index (χ0) is 19.2. The summed E-state index contributed by atoms with van der Waals surface area (Å²) in [7, 11) is 3.48. The van der Waals surface area contributed by atoms with Gasteiger partial charge in [0.05, 0.1) is 0 Å². The van der Waals surface area contributed by atoms with Crippen molar-refractivity contribution in [1.82, 2.24) is 35.3 Å². The summed E-state index contributed by atoms with van der Waals surface area (Å²) >= 11 is 0. The van der Waals surface area contributed by atoms with Gasteiger partial charge in [-0.15, -0.1) is 0 Å². The summed E-state index contributed by atoms with van der Waals surface area (Å²) < 4.78 is 0. The molecule has 1 fully saturated rings. The van der Waals surface area contributed by atoms with Gasteiger partial charge < -0.3 is 15.1 Å². The largest absolute Gasteiger partial charge is 0.355 e. The van der Waals surface area contributed by atoms with Crippen molar-refractivity contribution in [3.05, 3.63) is 30.4 Å². The van der Waals surface area contributed by atoms with Crippen LogP contribution in [0.15, 0.2) is 24.5 Å². The van der Waals surface area contributed by atoms with Crippen molar-refractivity contribution in [2.45, 2.75) is 19.3 Å². The van der Waals surface area contributed by atoms with Crippen LogP contribution in [0.5, 0.6) is 0 Å². The fraction of sp³-hybridized carbons (Fsp3) is 0.500. The number of nitrogens with one attached hydrogen (secondary N) is 2. The van der Waals surface area contributed by atoms with Gasteiger partial charge in [-0.05, 0) is 25.0 Å². The van der Waals surface area contributed by atoms with Crippen LogP contribution in [0.25, 0.3) is 11.4 Å². The fourth-order valence-corrected chi connectivity index (χ4v) is 3.10. The maximum absolute atomic E-state index is 12.3. The van der Waals surface area contributed by atoms with Crippen LogP contribution in [0.2, 0.25) is 0 Å². The molecule has 9 nitrogen and oxygen atoms in total. The Morgan fingerprint density at radius 3 is 2.78 bits per heavy atom. The van der Waals surface area contributed by atoms with Crippen molar-refractivity contribution in [2.75, 3.05) is 33.7 Å². The van der Waals surface area contributed by atoms with Crippen molar-refractivity contribution in [1.29, 1.82) is 0 Å². The van der Waals surface area contributed by atoms with E-state index in [1.165, 1.54) is 0 Å². The molecule has 0 aromatic carbocycles. The first-order chi connectivity index (χ1) is 13.0. The smallest absolute Gasteiger partial charge is 0.319 e. The summed E-state index contributed by atoms with van der Waals surface area (Å²) in [5.74, 6) is 1.32. The first-order valence-corrected chi connectivity index (χ1v) is 9.10. The highest BCUT2D eigenvalue weighted by molar-refractivity contribution is 5.79. The Morgan fingerprint density at radius 2 is 2.11 bits per heavy atom. The van der Waals surface area contributed by atoms with Crippen LogP contribution >= 0.6 is 0 Å².